The van der Waals surface area contributed by atoms with E-state index in [2.05, 4.69) is 9.50 Å². The van der Waals surface area contributed by atoms with E-state index in [0.717, 1.165) is 23.9 Å². The lowest BCUT2D eigenvalue weighted by molar-refractivity contribution is -0.137. The maximum absolute atomic E-state index is 13.2. The number of thioether (sulfide) groups is 1. The third-order valence-corrected chi connectivity index (χ3v) is 8.29. The molecule has 1 heterocycles. The summed E-state index contributed by atoms with van der Waals surface area (Å²) in [4.78, 5) is 12.8. The molecule has 0 spiro atoms. The number of sulfonamides is 1. The first-order chi connectivity index (χ1) is 17.4. The Labute approximate surface area is 218 Å². The predicted octanol–water partition coefficient (Wildman–Crippen LogP) is 5.22. The second-order valence-electron chi connectivity index (χ2n) is 7.90. The summed E-state index contributed by atoms with van der Waals surface area (Å²) in [5.74, 6) is -0.493. The number of nitrogens with zero attached hydrogens (tertiary/aromatic N) is 3. The van der Waals surface area contributed by atoms with Crippen LogP contribution in [0.15, 0.2) is 85.8 Å². The minimum atomic E-state index is -4.46. The summed E-state index contributed by atoms with van der Waals surface area (Å²) in [6, 6.07) is 13.9. The zero-order chi connectivity index (χ0) is 27.0. The summed E-state index contributed by atoms with van der Waals surface area (Å²) in [5, 5.41) is 5.04. The number of nitrogens with two attached hydrogens (primary N) is 1. The highest BCUT2D eigenvalue weighted by atomic mass is 35.5. The van der Waals surface area contributed by atoms with E-state index in [1.165, 1.54) is 30.5 Å². The Bertz CT molecular complexity index is 1690. The Morgan fingerprint density at radius 1 is 1.14 bits per heavy atom. The van der Waals surface area contributed by atoms with Crippen LogP contribution in [0.2, 0.25) is 5.02 Å². The van der Waals surface area contributed by atoms with Gasteiger partial charge >= 0.3 is 6.18 Å². The highest BCUT2D eigenvalue weighted by molar-refractivity contribution is 7.99. The summed E-state index contributed by atoms with van der Waals surface area (Å²) in [6.45, 7) is 1.61. The minimum Gasteiger partial charge on any atom is -0.367 e. The van der Waals surface area contributed by atoms with E-state index >= 15 is 0 Å². The Balaban J connectivity index is 1.68. The molecule has 0 fully saturated rings. The second kappa shape index (κ2) is 10.2. The molecule has 4 aromatic rings. The lowest BCUT2D eigenvalue weighted by Gasteiger charge is -2.12. The Morgan fingerprint density at radius 2 is 1.81 bits per heavy atom. The molecule has 0 saturated heterocycles. The Morgan fingerprint density at radius 3 is 2.49 bits per heavy atom. The van der Waals surface area contributed by atoms with Gasteiger partial charge in [-0.2, -0.15) is 31.4 Å². The number of rotatable bonds is 5. The van der Waals surface area contributed by atoms with Crippen molar-refractivity contribution in [2.45, 2.75) is 28.6 Å². The second-order valence-corrected chi connectivity index (χ2v) is 10.9. The van der Waals surface area contributed by atoms with Crippen LogP contribution in [0.3, 0.4) is 0 Å². The zero-order valence-corrected chi connectivity index (χ0v) is 21.4. The van der Waals surface area contributed by atoms with Crippen LogP contribution >= 0.6 is 23.4 Å². The van der Waals surface area contributed by atoms with Gasteiger partial charge in [-0.3, -0.25) is 4.79 Å². The molecule has 0 amide bonds. The largest absolute Gasteiger partial charge is 0.416 e. The standard InChI is InChI=1S/C24H18ClF3N4O3S2/c1-14-10-21(20(11-19(14)25)36-13-15-6-8-17(9-7-15)24(26,27)28)37(34,35)31-23(29)32-22(33)18-5-3-2-4-16(18)12-30-32/h2-12H,13H2,1H3,(H2,29,31). The molecular weight excluding hydrogens is 549 g/mol. The molecule has 0 saturated carbocycles. The number of fused-ring (bicyclic) bond motifs is 1. The first-order valence-electron chi connectivity index (χ1n) is 10.5. The van der Waals surface area contributed by atoms with Gasteiger partial charge in [0.05, 0.1) is 17.1 Å². The maximum atomic E-state index is 13.2. The van der Waals surface area contributed by atoms with Gasteiger partial charge in [0.25, 0.3) is 15.6 Å². The number of aryl methyl sites for hydroxylation is 1. The van der Waals surface area contributed by atoms with E-state index in [1.54, 1.807) is 31.2 Å². The van der Waals surface area contributed by atoms with Crippen LogP contribution in [-0.4, -0.2) is 24.2 Å². The third-order valence-electron chi connectivity index (χ3n) is 5.31. The van der Waals surface area contributed by atoms with Crippen molar-refractivity contribution in [2.24, 2.45) is 10.1 Å². The number of halogens is 4. The SMILES string of the molecule is Cc1cc(S(=O)(=O)/N=C(\N)n2ncc3ccccc3c2=O)c(SCc2ccc(C(F)(F)F)cc2)cc1Cl. The van der Waals surface area contributed by atoms with Gasteiger partial charge in [0.2, 0.25) is 5.96 Å². The molecule has 0 aliphatic carbocycles. The van der Waals surface area contributed by atoms with Gasteiger partial charge in [0.15, 0.2) is 0 Å². The summed E-state index contributed by atoms with van der Waals surface area (Å²) >= 11 is 7.27. The van der Waals surface area contributed by atoms with Crippen LogP contribution in [0.4, 0.5) is 13.2 Å². The van der Waals surface area contributed by atoms with Gasteiger partial charge in [-0.1, -0.05) is 41.9 Å². The van der Waals surface area contributed by atoms with Crippen molar-refractivity contribution >= 4 is 50.1 Å². The topological polar surface area (TPSA) is 107 Å². The van der Waals surface area contributed by atoms with Gasteiger partial charge in [0, 0.05) is 21.1 Å². The van der Waals surface area contributed by atoms with Crippen LogP contribution in [0, 0.1) is 6.92 Å². The normalized spacial score (nSPS) is 12.7. The number of alkyl halides is 3. The fourth-order valence-corrected chi connectivity index (χ4v) is 6.07. The van der Waals surface area contributed by atoms with Crippen molar-refractivity contribution in [1.82, 2.24) is 9.78 Å². The van der Waals surface area contributed by atoms with Crippen molar-refractivity contribution in [3.05, 3.63) is 98.9 Å². The minimum absolute atomic E-state index is 0.158. The molecule has 192 valence electrons. The molecule has 13 heteroatoms. The molecule has 4 rings (SSSR count). The first-order valence-corrected chi connectivity index (χ1v) is 13.3. The van der Waals surface area contributed by atoms with Crippen molar-refractivity contribution in [1.29, 1.82) is 0 Å². The van der Waals surface area contributed by atoms with Gasteiger partial charge in [-0.25, -0.2) is 0 Å². The number of hydrogen-bond acceptors (Lipinski definition) is 5. The van der Waals surface area contributed by atoms with E-state index < -0.39 is 33.3 Å². The fourth-order valence-electron chi connectivity index (χ4n) is 3.37. The van der Waals surface area contributed by atoms with Gasteiger partial charge in [-0.15, -0.1) is 16.2 Å². The van der Waals surface area contributed by atoms with Gasteiger partial charge in [0.1, 0.15) is 4.90 Å². The average Bonchev–Trinajstić information content (AvgIpc) is 2.84. The molecule has 37 heavy (non-hydrogen) atoms. The fraction of sp³-hybridized carbons (Fsp3) is 0.125. The number of aromatic nitrogens is 2. The van der Waals surface area contributed by atoms with E-state index in [4.69, 9.17) is 17.3 Å². The number of hydrogen-bond donors (Lipinski definition) is 1. The molecule has 0 bridgehead atoms. The third kappa shape index (κ3) is 5.81. The maximum Gasteiger partial charge on any atom is 0.416 e. The van der Waals surface area contributed by atoms with Crippen LogP contribution in [-0.2, 0) is 22.0 Å². The van der Waals surface area contributed by atoms with Crippen molar-refractivity contribution < 1.29 is 21.6 Å². The summed E-state index contributed by atoms with van der Waals surface area (Å²) in [7, 11) is -4.44. The van der Waals surface area contributed by atoms with Gasteiger partial charge in [-0.05, 0) is 48.4 Å². The van der Waals surface area contributed by atoms with Crippen LogP contribution in [0.1, 0.15) is 16.7 Å². The Kier molecular flexibility index (Phi) is 7.36. The molecule has 1 aromatic heterocycles. The van der Waals surface area contributed by atoms with Crippen molar-refractivity contribution in [3.8, 4) is 0 Å². The summed E-state index contributed by atoms with van der Waals surface area (Å²) in [5.41, 5.74) is 5.45. The van der Waals surface area contributed by atoms with Crippen LogP contribution in [0.25, 0.3) is 10.8 Å². The zero-order valence-electron chi connectivity index (χ0n) is 19.0. The highest BCUT2D eigenvalue weighted by Crippen LogP contribution is 2.35. The highest BCUT2D eigenvalue weighted by Gasteiger charge is 2.30. The van der Waals surface area contributed by atoms with Crippen molar-refractivity contribution in [2.75, 3.05) is 0 Å². The molecule has 0 atom stereocenters. The molecular formula is C24H18ClF3N4O3S2. The predicted molar refractivity (Wildman–Crippen MR) is 137 cm³/mol. The molecule has 0 unspecified atom stereocenters. The molecule has 3 aromatic carbocycles. The van der Waals surface area contributed by atoms with Gasteiger partial charge < -0.3 is 5.73 Å². The first kappa shape index (κ1) is 26.7. The lowest BCUT2D eigenvalue weighted by Crippen LogP contribution is -2.35. The molecule has 0 aliphatic heterocycles. The molecule has 2 N–H and O–H groups in total. The Hall–Kier alpha value is -3.35. The van der Waals surface area contributed by atoms with Crippen LogP contribution < -0.4 is 11.3 Å². The molecule has 0 radical (unpaired) electrons. The monoisotopic (exact) mass is 566 g/mol. The van der Waals surface area contributed by atoms with E-state index in [0.29, 0.717) is 26.2 Å². The average molecular weight is 567 g/mol. The summed E-state index contributed by atoms with van der Waals surface area (Å²) in [6.07, 6.45) is -3.10. The smallest absolute Gasteiger partial charge is 0.367 e. The van der Waals surface area contributed by atoms with E-state index in [-0.39, 0.29) is 20.9 Å². The number of benzene rings is 3. The van der Waals surface area contributed by atoms with E-state index in [9.17, 15) is 26.4 Å². The molecule has 7 nitrogen and oxygen atoms in total. The van der Waals surface area contributed by atoms with Crippen LogP contribution in [0.5, 0.6) is 0 Å². The summed E-state index contributed by atoms with van der Waals surface area (Å²) < 4.78 is 69.3. The van der Waals surface area contributed by atoms with Crippen molar-refractivity contribution in [3.63, 3.8) is 0 Å². The quantitative estimate of drug-likeness (QED) is 0.202. The lowest BCUT2D eigenvalue weighted by atomic mass is 10.1. The molecule has 0 aliphatic rings. The van der Waals surface area contributed by atoms with E-state index in [1.807, 2.05) is 0 Å².